The molecule has 0 heterocycles. The molecule has 1 unspecified atom stereocenters. The first kappa shape index (κ1) is 16.2. The summed E-state index contributed by atoms with van der Waals surface area (Å²) in [5.74, 6) is 0. The van der Waals surface area contributed by atoms with Crippen LogP contribution in [0.4, 0.5) is 4.79 Å². The van der Waals surface area contributed by atoms with Gasteiger partial charge in [-0.1, -0.05) is 55.8 Å². The molecule has 4 rings (SSSR count). The lowest BCUT2D eigenvalue weighted by molar-refractivity contribution is 0.0471. The minimum Gasteiger partial charge on any atom is -0.441 e. The molecule has 2 aromatic rings. The van der Waals surface area contributed by atoms with Crippen LogP contribution < -0.4 is 5.73 Å². The van der Waals surface area contributed by atoms with E-state index in [4.69, 9.17) is 10.5 Å². The van der Waals surface area contributed by atoms with Crippen molar-refractivity contribution < 1.29 is 9.53 Å². The maximum absolute atomic E-state index is 11.4. The SMILES string of the molecule is CCCc1ccc(-c2ccc3c(c2)CCC2(CC2)C3OC(N)=O)cc1. The number of fused-ring (bicyclic) bond motifs is 1. The third-order valence-corrected chi connectivity index (χ3v) is 5.83. The lowest BCUT2D eigenvalue weighted by atomic mass is 9.78. The van der Waals surface area contributed by atoms with Crippen LogP contribution in [0.5, 0.6) is 0 Å². The van der Waals surface area contributed by atoms with Gasteiger partial charge in [-0.15, -0.1) is 0 Å². The first-order valence-corrected chi connectivity index (χ1v) is 9.29. The molecule has 2 aromatic carbocycles. The number of ether oxygens (including phenoxy) is 1. The Morgan fingerprint density at radius 3 is 2.48 bits per heavy atom. The van der Waals surface area contributed by atoms with E-state index >= 15 is 0 Å². The van der Waals surface area contributed by atoms with Gasteiger partial charge in [-0.3, -0.25) is 0 Å². The Morgan fingerprint density at radius 2 is 1.84 bits per heavy atom. The lowest BCUT2D eigenvalue weighted by Crippen LogP contribution is -2.28. The highest BCUT2D eigenvalue weighted by Crippen LogP contribution is 2.62. The molecule has 1 atom stereocenters. The van der Waals surface area contributed by atoms with Gasteiger partial charge in [0.2, 0.25) is 0 Å². The summed E-state index contributed by atoms with van der Waals surface area (Å²) in [6.07, 6.45) is 5.84. The Kier molecular flexibility index (Phi) is 4.03. The summed E-state index contributed by atoms with van der Waals surface area (Å²) in [5.41, 5.74) is 11.8. The van der Waals surface area contributed by atoms with Gasteiger partial charge >= 0.3 is 6.09 Å². The highest BCUT2D eigenvalue weighted by molar-refractivity contribution is 5.67. The van der Waals surface area contributed by atoms with Crippen LogP contribution in [-0.2, 0) is 17.6 Å². The zero-order valence-electron chi connectivity index (χ0n) is 14.8. The molecule has 25 heavy (non-hydrogen) atoms. The Balaban J connectivity index is 1.64. The maximum atomic E-state index is 11.4. The van der Waals surface area contributed by atoms with Crippen LogP contribution in [0.2, 0.25) is 0 Å². The van der Waals surface area contributed by atoms with Gasteiger partial charge in [0.15, 0.2) is 0 Å². The van der Waals surface area contributed by atoms with Gasteiger partial charge in [0.25, 0.3) is 0 Å². The molecular weight excluding hydrogens is 310 g/mol. The summed E-state index contributed by atoms with van der Waals surface area (Å²) >= 11 is 0. The number of carbonyl (C=O) groups is 1. The first-order valence-electron chi connectivity index (χ1n) is 9.29. The van der Waals surface area contributed by atoms with Crippen molar-refractivity contribution in [3.05, 3.63) is 59.2 Å². The largest absolute Gasteiger partial charge is 0.441 e. The Labute approximate surface area is 149 Å². The highest BCUT2D eigenvalue weighted by atomic mass is 16.6. The van der Waals surface area contributed by atoms with Crippen molar-refractivity contribution in [1.29, 1.82) is 0 Å². The van der Waals surface area contributed by atoms with Gasteiger partial charge in [0, 0.05) is 5.41 Å². The normalized spacial score (nSPS) is 20.1. The molecule has 130 valence electrons. The van der Waals surface area contributed by atoms with Crippen molar-refractivity contribution in [3.8, 4) is 11.1 Å². The smallest absolute Gasteiger partial charge is 0.405 e. The van der Waals surface area contributed by atoms with Crippen LogP contribution in [0.15, 0.2) is 42.5 Å². The molecule has 1 saturated carbocycles. The number of carbonyl (C=O) groups excluding carboxylic acids is 1. The number of amides is 1. The quantitative estimate of drug-likeness (QED) is 0.838. The standard InChI is InChI=1S/C22H25NO2/c1-2-3-15-4-6-16(7-5-15)17-8-9-19-18(14-17)10-11-22(12-13-22)20(19)25-21(23)24/h4-9,14,20H,2-3,10-13H2,1H3,(H2,23,24). The van der Waals surface area contributed by atoms with Gasteiger partial charge in [0.05, 0.1) is 0 Å². The molecule has 0 saturated heterocycles. The van der Waals surface area contributed by atoms with Crippen molar-refractivity contribution in [2.45, 2.75) is 51.6 Å². The average molecular weight is 335 g/mol. The predicted octanol–water partition coefficient (Wildman–Crippen LogP) is 5.17. The van der Waals surface area contributed by atoms with Crippen LogP contribution in [0.3, 0.4) is 0 Å². The van der Waals surface area contributed by atoms with Gasteiger partial charge < -0.3 is 10.5 Å². The minimum atomic E-state index is -0.667. The number of nitrogens with two attached hydrogens (primary N) is 1. The summed E-state index contributed by atoms with van der Waals surface area (Å²) in [4.78, 5) is 11.4. The molecule has 3 heteroatoms. The monoisotopic (exact) mass is 335 g/mol. The van der Waals surface area contributed by atoms with Crippen LogP contribution in [0, 0.1) is 5.41 Å². The van der Waals surface area contributed by atoms with Crippen molar-refractivity contribution in [2.75, 3.05) is 0 Å². The van der Waals surface area contributed by atoms with E-state index in [9.17, 15) is 4.79 Å². The number of hydrogen-bond donors (Lipinski definition) is 1. The first-order chi connectivity index (χ1) is 12.1. The zero-order valence-corrected chi connectivity index (χ0v) is 14.8. The average Bonchev–Trinajstić information content (AvgIpc) is 3.39. The molecule has 2 N–H and O–H groups in total. The van der Waals surface area contributed by atoms with E-state index in [2.05, 4.69) is 49.4 Å². The Morgan fingerprint density at radius 1 is 1.12 bits per heavy atom. The van der Waals surface area contributed by atoms with Crippen molar-refractivity contribution in [1.82, 2.24) is 0 Å². The van der Waals surface area contributed by atoms with Crippen molar-refractivity contribution in [3.63, 3.8) is 0 Å². The van der Waals surface area contributed by atoms with E-state index < -0.39 is 6.09 Å². The number of aryl methyl sites for hydroxylation is 2. The third-order valence-electron chi connectivity index (χ3n) is 5.83. The topological polar surface area (TPSA) is 52.3 Å². The number of hydrogen-bond acceptors (Lipinski definition) is 2. The van der Waals surface area contributed by atoms with Crippen molar-refractivity contribution in [2.24, 2.45) is 11.1 Å². The van der Waals surface area contributed by atoms with E-state index in [1.807, 2.05) is 0 Å². The van der Waals surface area contributed by atoms with E-state index in [0.717, 1.165) is 37.7 Å². The molecule has 1 fully saturated rings. The molecule has 0 radical (unpaired) electrons. The summed E-state index contributed by atoms with van der Waals surface area (Å²) in [7, 11) is 0. The van der Waals surface area contributed by atoms with E-state index in [0.29, 0.717) is 0 Å². The molecule has 1 amide bonds. The van der Waals surface area contributed by atoms with Gasteiger partial charge in [-0.25, -0.2) is 4.79 Å². The third kappa shape index (κ3) is 3.04. The lowest BCUT2D eigenvalue weighted by Gasteiger charge is -2.33. The summed E-state index contributed by atoms with van der Waals surface area (Å²) in [6.45, 7) is 2.20. The molecule has 2 aliphatic carbocycles. The van der Waals surface area contributed by atoms with E-state index in [1.165, 1.54) is 28.7 Å². The molecule has 2 aliphatic rings. The summed E-state index contributed by atoms with van der Waals surface area (Å²) in [5, 5.41) is 0. The second kappa shape index (κ2) is 6.21. The highest BCUT2D eigenvalue weighted by Gasteiger charge is 2.54. The number of rotatable bonds is 4. The molecular formula is C22H25NO2. The van der Waals surface area contributed by atoms with Crippen LogP contribution in [-0.4, -0.2) is 6.09 Å². The zero-order chi connectivity index (χ0) is 17.4. The van der Waals surface area contributed by atoms with E-state index in [1.54, 1.807) is 0 Å². The van der Waals surface area contributed by atoms with E-state index in [-0.39, 0.29) is 11.5 Å². The molecule has 0 bridgehead atoms. The minimum absolute atomic E-state index is 0.144. The molecule has 0 aromatic heterocycles. The fourth-order valence-electron chi connectivity index (χ4n) is 4.23. The Bertz CT molecular complexity index is 790. The maximum Gasteiger partial charge on any atom is 0.405 e. The predicted molar refractivity (Wildman–Crippen MR) is 99.3 cm³/mol. The van der Waals surface area contributed by atoms with Gasteiger partial charge in [-0.2, -0.15) is 0 Å². The van der Waals surface area contributed by atoms with Crippen molar-refractivity contribution >= 4 is 6.09 Å². The van der Waals surface area contributed by atoms with Crippen LogP contribution >= 0.6 is 0 Å². The second-order valence-corrected chi connectivity index (χ2v) is 7.54. The fourth-order valence-corrected chi connectivity index (χ4v) is 4.23. The summed E-state index contributed by atoms with van der Waals surface area (Å²) in [6, 6.07) is 15.4. The molecule has 0 aliphatic heterocycles. The Hall–Kier alpha value is -2.29. The fraction of sp³-hybridized carbons (Fsp3) is 0.409. The van der Waals surface area contributed by atoms with Crippen LogP contribution in [0.25, 0.3) is 11.1 Å². The number of primary amides is 1. The summed E-state index contributed by atoms with van der Waals surface area (Å²) < 4.78 is 5.52. The van der Waals surface area contributed by atoms with Gasteiger partial charge in [0.1, 0.15) is 6.10 Å². The van der Waals surface area contributed by atoms with Gasteiger partial charge in [-0.05, 0) is 59.9 Å². The van der Waals surface area contributed by atoms with Crippen LogP contribution in [0.1, 0.15) is 55.4 Å². The second-order valence-electron chi connectivity index (χ2n) is 7.54. The molecule has 3 nitrogen and oxygen atoms in total. The molecule has 1 spiro atoms. The number of benzene rings is 2.